The first-order chi connectivity index (χ1) is 24.8. The summed E-state index contributed by atoms with van der Waals surface area (Å²) in [6, 6.07) is 59.1. The molecule has 234 valence electrons. The minimum atomic E-state index is 0.627. The predicted octanol–water partition coefficient (Wildman–Crippen LogP) is 11.6. The molecule has 0 saturated carbocycles. The van der Waals surface area contributed by atoms with Gasteiger partial charge in [0.25, 0.3) is 0 Å². The summed E-state index contributed by atoms with van der Waals surface area (Å²) in [7, 11) is 0. The van der Waals surface area contributed by atoms with Crippen LogP contribution < -0.4 is 0 Å². The number of pyridine rings is 1. The average Bonchev–Trinajstić information content (AvgIpc) is 3.21. The van der Waals surface area contributed by atoms with Gasteiger partial charge in [-0.15, -0.1) is 0 Å². The van der Waals surface area contributed by atoms with Crippen molar-refractivity contribution in [2.75, 3.05) is 0 Å². The first-order valence-corrected chi connectivity index (χ1v) is 16.7. The summed E-state index contributed by atoms with van der Waals surface area (Å²) in [4.78, 5) is 19.9. The fourth-order valence-corrected chi connectivity index (χ4v) is 6.66. The highest BCUT2D eigenvalue weighted by Gasteiger charge is 2.19. The summed E-state index contributed by atoms with van der Waals surface area (Å²) >= 11 is 0. The predicted molar refractivity (Wildman–Crippen MR) is 205 cm³/mol. The van der Waals surface area contributed by atoms with Gasteiger partial charge in [0.1, 0.15) is 0 Å². The molecule has 0 unspecified atom stereocenters. The van der Waals surface area contributed by atoms with Crippen LogP contribution in [0.3, 0.4) is 0 Å². The molecular formula is C46H30N4. The van der Waals surface area contributed by atoms with E-state index in [-0.39, 0.29) is 0 Å². The van der Waals surface area contributed by atoms with E-state index in [0.29, 0.717) is 17.5 Å². The largest absolute Gasteiger partial charge is 0.264 e. The number of nitrogens with zero attached hydrogens (tertiary/aromatic N) is 4. The van der Waals surface area contributed by atoms with Crippen LogP contribution in [-0.4, -0.2) is 19.9 Å². The van der Waals surface area contributed by atoms with Crippen LogP contribution in [0.2, 0.25) is 0 Å². The van der Waals surface area contributed by atoms with Gasteiger partial charge in [-0.2, -0.15) is 0 Å². The molecule has 0 bridgehead atoms. The van der Waals surface area contributed by atoms with Crippen LogP contribution in [0, 0.1) is 0 Å². The van der Waals surface area contributed by atoms with Crippen molar-refractivity contribution in [3.8, 4) is 67.5 Å². The lowest BCUT2D eigenvalue weighted by molar-refractivity contribution is 1.08. The molecule has 0 atom stereocenters. The van der Waals surface area contributed by atoms with Crippen LogP contribution in [0.5, 0.6) is 0 Å². The van der Waals surface area contributed by atoms with E-state index in [9.17, 15) is 0 Å². The Hall–Kier alpha value is -6.78. The number of hydrogen-bond donors (Lipinski definition) is 0. The van der Waals surface area contributed by atoms with Crippen molar-refractivity contribution in [3.05, 3.63) is 182 Å². The zero-order valence-electron chi connectivity index (χ0n) is 27.1. The quantitative estimate of drug-likeness (QED) is 0.182. The first-order valence-electron chi connectivity index (χ1n) is 16.7. The van der Waals surface area contributed by atoms with E-state index in [1.165, 1.54) is 5.56 Å². The molecular weight excluding hydrogens is 609 g/mol. The van der Waals surface area contributed by atoms with Gasteiger partial charge in [-0.05, 0) is 67.6 Å². The summed E-state index contributed by atoms with van der Waals surface area (Å²) in [5.74, 6) is 1.89. The Bertz CT molecular complexity index is 2620. The Kier molecular flexibility index (Phi) is 7.45. The average molecular weight is 639 g/mol. The molecule has 7 aromatic carbocycles. The summed E-state index contributed by atoms with van der Waals surface area (Å²) in [5, 5.41) is 4.48. The van der Waals surface area contributed by atoms with E-state index in [1.807, 2.05) is 24.4 Å². The van der Waals surface area contributed by atoms with Crippen LogP contribution in [-0.2, 0) is 0 Å². The lowest BCUT2D eigenvalue weighted by Crippen LogP contribution is -2.02. The van der Waals surface area contributed by atoms with Gasteiger partial charge in [0.15, 0.2) is 17.5 Å². The summed E-state index contributed by atoms with van der Waals surface area (Å²) in [6.45, 7) is 0. The van der Waals surface area contributed by atoms with E-state index in [4.69, 9.17) is 15.0 Å². The molecule has 4 nitrogen and oxygen atoms in total. The normalized spacial score (nSPS) is 11.2. The van der Waals surface area contributed by atoms with Crippen molar-refractivity contribution in [3.63, 3.8) is 0 Å². The molecule has 0 fully saturated rings. The van der Waals surface area contributed by atoms with Gasteiger partial charge >= 0.3 is 0 Å². The molecule has 0 aliphatic rings. The fraction of sp³-hybridized carbons (Fsp3) is 0. The van der Waals surface area contributed by atoms with Crippen LogP contribution in [0.1, 0.15) is 0 Å². The maximum Gasteiger partial charge on any atom is 0.165 e. The molecule has 0 N–H and O–H groups in total. The number of hydrogen-bond acceptors (Lipinski definition) is 4. The molecule has 0 aliphatic heterocycles. The molecule has 0 radical (unpaired) electrons. The molecule has 50 heavy (non-hydrogen) atoms. The third kappa shape index (κ3) is 5.59. The van der Waals surface area contributed by atoms with E-state index >= 15 is 0 Å². The van der Waals surface area contributed by atoms with Crippen LogP contribution >= 0.6 is 0 Å². The third-order valence-corrected chi connectivity index (χ3v) is 9.22. The van der Waals surface area contributed by atoms with Gasteiger partial charge in [0, 0.05) is 34.6 Å². The van der Waals surface area contributed by atoms with Gasteiger partial charge in [0.05, 0.1) is 0 Å². The molecule has 0 spiro atoms. The van der Waals surface area contributed by atoms with Crippen molar-refractivity contribution in [1.82, 2.24) is 19.9 Å². The monoisotopic (exact) mass is 638 g/mol. The topological polar surface area (TPSA) is 51.6 Å². The molecule has 0 aliphatic carbocycles. The fourth-order valence-electron chi connectivity index (χ4n) is 6.66. The number of rotatable bonds is 6. The van der Waals surface area contributed by atoms with Gasteiger partial charge in [0.2, 0.25) is 0 Å². The summed E-state index contributed by atoms with van der Waals surface area (Å²) < 4.78 is 0. The summed E-state index contributed by atoms with van der Waals surface area (Å²) in [5.41, 5.74) is 9.57. The van der Waals surface area contributed by atoms with Crippen molar-refractivity contribution in [2.45, 2.75) is 0 Å². The van der Waals surface area contributed by atoms with Crippen LogP contribution in [0.4, 0.5) is 0 Å². The molecule has 9 aromatic rings. The van der Waals surface area contributed by atoms with E-state index in [2.05, 4.69) is 157 Å². The lowest BCUT2D eigenvalue weighted by Gasteiger charge is -2.15. The minimum Gasteiger partial charge on any atom is -0.264 e. The second-order valence-electron chi connectivity index (χ2n) is 12.3. The number of aromatic nitrogens is 4. The van der Waals surface area contributed by atoms with Gasteiger partial charge in [-0.3, -0.25) is 4.98 Å². The van der Waals surface area contributed by atoms with E-state index < -0.39 is 0 Å². The molecule has 9 rings (SSSR count). The molecule has 0 amide bonds. The molecule has 2 aromatic heterocycles. The zero-order chi connectivity index (χ0) is 33.3. The Morgan fingerprint density at radius 3 is 1.60 bits per heavy atom. The highest BCUT2D eigenvalue weighted by molar-refractivity contribution is 6.03. The van der Waals surface area contributed by atoms with Crippen LogP contribution in [0.15, 0.2) is 182 Å². The Labute approximate surface area is 290 Å². The zero-order valence-corrected chi connectivity index (χ0v) is 27.1. The standard InChI is InChI=1S/C46H30N4/c1-3-10-31(11-4-1)32-17-19-35(20-18-32)44-48-45(39-24-23-36-28-38(22-21-37(36)29-39)40-15-9-27-47-30-40)50-46(49-44)43-41-16-8-7-14-34(41)25-26-42(43)33-12-5-2-6-13-33/h1-30H. The van der Waals surface area contributed by atoms with Crippen molar-refractivity contribution >= 4 is 21.5 Å². The van der Waals surface area contributed by atoms with E-state index in [1.54, 1.807) is 6.20 Å². The first kappa shape index (κ1) is 29.4. The Balaban J connectivity index is 1.24. The van der Waals surface area contributed by atoms with Crippen molar-refractivity contribution < 1.29 is 0 Å². The second kappa shape index (κ2) is 12.7. The second-order valence-corrected chi connectivity index (χ2v) is 12.3. The van der Waals surface area contributed by atoms with Gasteiger partial charge in [-0.25, -0.2) is 15.0 Å². The maximum absolute atomic E-state index is 5.24. The maximum atomic E-state index is 5.24. The molecule has 4 heteroatoms. The smallest absolute Gasteiger partial charge is 0.165 e. The SMILES string of the molecule is c1ccc(-c2ccc(-c3nc(-c4ccc5cc(-c6cccnc6)ccc5c4)nc(-c4c(-c5ccccc5)ccc5ccccc45)n3)cc2)cc1. The molecule has 2 heterocycles. The van der Waals surface area contributed by atoms with Crippen molar-refractivity contribution in [2.24, 2.45) is 0 Å². The van der Waals surface area contributed by atoms with E-state index in [0.717, 1.165) is 66.1 Å². The summed E-state index contributed by atoms with van der Waals surface area (Å²) in [6.07, 6.45) is 3.69. The third-order valence-electron chi connectivity index (χ3n) is 9.22. The Morgan fingerprint density at radius 2 is 0.860 bits per heavy atom. The number of benzene rings is 7. The minimum absolute atomic E-state index is 0.627. The number of fused-ring (bicyclic) bond motifs is 2. The Morgan fingerprint density at radius 1 is 0.320 bits per heavy atom. The molecule has 0 saturated heterocycles. The highest BCUT2D eigenvalue weighted by atomic mass is 15.0. The van der Waals surface area contributed by atoms with Crippen LogP contribution in [0.25, 0.3) is 89.1 Å². The van der Waals surface area contributed by atoms with Crippen molar-refractivity contribution in [1.29, 1.82) is 0 Å². The highest BCUT2D eigenvalue weighted by Crippen LogP contribution is 2.38. The van der Waals surface area contributed by atoms with Gasteiger partial charge < -0.3 is 0 Å². The lowest BCUT2D eigenvalue weighted by atomic mass is 9.93. The van der Waals surface area contributed by atoms with Gasteiger partial charge in [-0.1, -0.05) is 152 Å².